The topological polar surface area (TPSA) is 38.5 Å². The van der Waals surface area contributed by atoms with Crippen LogP contribution in [0.5, 0.6) is 0 Å². The third-order valence-corrected chi connectivity index (χ3v) is 3.79. The van der Waals surface area contributed by atoms with Gasteiger partial charge in [0.05, 0.1) is 12.2 Å². The molecule has 2 N–H and O–H groups in total. The number of hydrogen-bond acceptors (Lipinski definition) is 3. The van der Waals surface area contributed by atoms with Crippen LogP contribution >= 0.6 is 0 Å². The Morgan fingerprint density at radius 1 is 1.38 bits per heavy atom. The minimum absolute atomic E-state index is 0.199. The van der Waals surface area contributed by atoms with Gasteiger partial charge in [-0.05, 0) is 30.5 Å². The summed E-state index contributed by atoms with van der Waals surface area (Å²) in [5.41, 5.74) is 5.83. The molecule has 0 aromatic heterocycles. The summed E-state index contributed by atoms with van der Waals surface area (Å²) in [7, 11) is 1.62. The third kappa shape index (κ3) is 4.18. The molecule has 1 fully saturated rings. The van der Waals surface area contributed by atoms with Crippen LogP contribution in [0, 0.1) is 0 Å². The van der Waals surface area contributed by atoms with Crippen LogP contribution in [-0.2, 0) is 10.9 Å². The third-order valence-electron chi connectivity index (χ3n) is 3.79. The summed E-state index contributed by atoms with van der Waals surface area (Å²) in [6, 6.07) is 5.67. The Labute approximate surface area is 122 Å². The van der Waals surface area contributed by atoms with Gasteiger partial charge in [0.2, 0.25) is 0 Å². The molecule has 118 valence electrons. The minimum atomic E-state index is -4.33. The van der Waals surface area contributed by atoms with E-state index in [1.54, 1.807) is 13.2 Å². The van der Waals surface area contributed by atoms with E-state index in [0.717, 1.165) is 18.9 Å². The van der Waals surface area contributed by atoms with Gasteiger partial charge < -0.3 is 10.5 Å². The van der Waals surface area contributed by atoms with E-state index in [4.69, 9.17) is 10.5 Å². The van der Waals surface area contributed by atoms with Crippen LogP contribution in [0.4, 0.5) is 13.2 Å². The van der Waals surface area contributed by atoms with E-state index < -0.39 is 11.7 Å². The molecular weight excluding hydrogens is 281 g/mol. The second-order valence-corrected chi connectivity index (χ2v) is 5.34. The number of benzene rings is 1. The predicted molar refractivity (Wildman–Crippen MR) is 74.8 cm³/mol. The fraction of sp³-hybridized carbons (Fsp3) is 0.600. The lowest BCUT2D eigenvalue weighted by atomic mass is 10.0. The van der Waals surface area contributed by atoms with E-state index >= 15 is 0 Å². The molecule has 0 bridgehead atoms. The molecule has 6 heteroatoms. The van der Waals surface area contributed by atoms with E-state index in [9.17, 15) is 13.2 Å². The average molecular weight is 302 g/mol. The zero-order valence-corrected chi connectivity index (χ0v) is 12.1. The number of ether oxygens (including phenoxy) is 1. The molecule has 0 spiro atoms. The molecule has 2 rings (SSSR count). The van der Waals surface area contributed by atoms with Gasteiger partial charge in [0, 0.05) is 32.3 Å². The fourth-order valence-electron chi connectivity index (χ4n) is 2.58. The molecule has 3 nitrogen and oxygen atoms in total. The minimum Gasteiger partial charge on any atom is -0.383 e. The van der Waals surface area contributed by atoms with Crippen molar-refractivity contribution in [2.75, 3.05) is 26.8 Å². The van der Waals surface area contributed by atoms with Crippen molar-refractivity contribution in [3.05, 3.63) is 35.4 Å². The Morgan fingerprint density at radius 2 is 2.10 bits per heavy atom. The van der Waals surface area contributed by atoms with E-state index in [1.165, 1.54) is 12.1 Å². The lowest BCUT2D eigenvalue weighted by Crippen LogP contribution is -2.37. The van der Waals surface area contributed by atoms with Crippen molar-refractivity contribution in [1.82, 2.24) is 4.90 Å². The molecule has 0 amide bonds. The second-order valence-electron chi connectivity index (χ2n) is 5.34. The van der Waals surface area contributed by atoms with Crippen LogP contribution < -0.4 is 5.73 Å². The van der Waals surface area contributed by atoms with E-state index in [-0.39, 0.29) is 6.04 Å². The first kappa shape index (κ1) is 16.3. The summed E-state index contributed by atoms with van der Waals surface area (Å²) in [5.74, 6) is 0. The molecule has 1 aliphatic rings. The number of methoxy groups -OCH3 is 1. The van der Waals surface area contributed by atoms with Gasteiger partial charge in [0.1, 0.15) is 0 Å². The zero-order valence-electron chi connectivity index (χ0n) is 12.1. The summed E-state index contributed by atoms with van der Waals surface area (Å²) >= 11 is 0. The second kappa shape index (κ2) is 6.77. The Kier molecular flexibility index (Phi) is 5.24. The van der Waals surface area contributed by atoms with E-state index in [0.29, 0.717) is 31.3 Å². The standard InChI is InChI=1S/C15H21F3N2O/c1-21-8-7-20(13-5-6-13)14(10-19)11-3-2-4-12(9-11)15(16,17)18/h2-4,9,13-14H,5-8,10,19H2,1H3. The molecule has 1 aromatic carbocycles. The molecule has 0 heterocycles. The summed E-state index contributed by atoms with van der Waals surface area (Å²) in [4.78, 5) is 2.17. The van der Waals surface area contributed by atoms with Gasteiger partial charge in [-0.15, -0.1) is 0 Å². The number of rotatable bonds is 7. The Bertz CT molecular complexity index is 460. The number of nitrogens with two attached hydrogens (primary N) is 1. The first-order chi connectivity index (χ1) is 9.97. The SMILES string of the molecule is COCCN(C1CC1)C(CN)c1cccc(C(F)(F)F)c1. The number of alkyl halides is 3. The predicted octanol–water partition coefficient (Wildman–Crippen LogP) is 2.82. The van der Waals surface area contributed by atoms with Crippen molar-refractivity contribution < 1.29 is 17.9 Å². The number of halogens is 3. The van der Waals surface area contributed by atoms with Crippen LogP contribution in [0.1, 0.15) is 30.0 Å². The smallest absolute Gasteiger partial charge is 0.383 e. The monoisotopic (exact) mass is 302 g/mol. The van der Waals surface area contributed by atoms with Crippen LogP contribution in [0.3, 0.4) is 0 Å². The first-order valence-corrected chi connectivity index (χ1v) is 7.09. The van der Waals surface area contributed by atoms with Crippen molar-refractivity contribution in [1.29, 1.82) is 0 Å². The molecule has 1 unspecified atom stereocenters. The van der Waals surface area contributed by atoms with Gasteiger partial charge in [0.15, 0.2) is 0 Å². The highest BCUT2D eigenvalue weighted by Gasteiger charge is 2.35. The van der Waals surface area contributed by atoms with Crippen LogP contribution in [0.15, 0.2) is 24.3 Å². The van der Waals surface area contributed by atoms with Gasteiger partial charge in [0.25, 0.3) is 0 Å². The van der Waals surface area contributed by atoms with Crippen LogP contribution in [0.25, 0.3) is 0 Å². The largest absolute Gasteiger partial charge is 0.416 e. The highest BCUT2D eigenvalue weighted by atomic mass is 19.4. The quantitative estimate of drug-likeness (QED) is 0.842. The number of nitrogens with zero attached hydrogens (tertiary/aromatic N) is 1. The van der Waals surface area contributed by atoms with Crippen LogP contribution in [-0.4, -0.2) is 37.7 Å². The summed E-state index contributed by atoms with van der Waals surface area (Å²) < 4.78 is 43.6. The Morgan fingerprint density at radius 3 is 2.62 bits per heavy atom. The molecule has 21 heavy (non-hydrogen) atoms. The molecule has 1 atom stereocenters. The zero-order chi connectivity index (χ0) is 15.5. The average Bonchev–Trinajstić information content (AvgIpc) is 3.27. The Balaban J connectivity index is 2.22. The highest BCUT2D eigenvalue weighted by molar-refractivity contribution is 5.28. The maximum Gasteiger partial charge on any atom is 0.416 e. The van der Waals surface area contributed by atoms with Gasteiger partial charge in [-0.25, -0.2) is 0 Å². The van der Waals surface area contributed by atoms with Crippen LogP contribution in [0.2, 0.25) is 0 Å². The van der Waals surface area contributed by atoms with E-state index in [1.807, 2.05) is 0 Å². The number of hydrogen-bond donors (Lipinski definition) is 1. The molecule has 0 saturated heterocycles. The van der Waals surface area contributed by atoms with Gasteiger partial charge in [-0.2, -0.15) is 13.2 Å². The van der Waals surface area contributed by atoms with Gasteiger partial charge in [-0.1, -0.05) is 12.1 Å². The molecule has 1 aliphatic carbocycles. The molecule has 1 saturated carbocycles. The van der Waals surface area contributed by atoms with Crippen molar-refractivity contribution in [2.45, 2.75) is 31.1 Å². The van der Waals surface area contributed by atoms with Gasteiger partial charge in [-0.3, -0.25) is 4.90 Å². The van der Waals surface area contributed by atoms with Crippen molar-refractivity contribution in [2.24, 2.45) is 5.73 Å². The molecule has 0 aliphatic heterocycles. The van der Waals surface area contributed by atoms with Gasteiger partial charge >= 0.3 is 6.18 Å². The van der Waals surface area contributed by atoms with E-state index in [2.05, 4.69) is 4.90 Å². The maximum absolute atomic E-state index is 12.8. The summed E-state index contributed by atoms with van der Waals surface area (Å²) in [5, 5.41) is 0. The fourth-order valence-corrected chi connectivity index (χ4v) is 2.58. The highest BCUT2D eigenvalue weighted by Crippen LogP contribution is 2.36. The summed E-state index contributed by atoms with van der Waals surface area (Å²) in [6.07, 6.45) is -2.19. The van der Waals surface area contributed by atoms with Crippen molar-refractivity contribution in [3.8, 4) is 0 Å². The maximum atomic E-state index is 12.8. The van der Waals surface area contributed by atoms with Crippen molar-refractivity contribution in [3.63, 3.8) is 0 Å². The molecular formula is C15H21F3N2O. The normalized spacial score (nSPS) is 17.2. The summed E-state index contributed by atoms with van der Waals surface area (Å²) in [6.45, 7) is 1.52. The van der Waals surface area contributed by atoms with Crippen molar-refractivity contribution >= 4 is 0 Å². The lowest BCUT2D eigenvalue weighted by molar-refractivity contribution is -0.137. The Hall–Kier alpha value is -1.11. The first-order valence-electron chi connectivity index (χ1n) is 7.09. The lowest BCUT2D eigenvalue weighted by Gasteiger charge is -2.31. The molecule has 0 radical (unpaired) electrons. The molecule has 1 aromatic rings.